The van der Waals surface area contributed by atoms with Crippen LogP contribution >= 0.6 is 0 Å². The summed E-state index contributed by atoms with van der Waals surface area (Å²) in [5.74, 6) is 0. The van der Waals surface area contributed by atoms with Crippen LogP contribution in [0.2, 0.25) is 0 Å². The molecule has 0 unspecified atom stereocenters. The molecule has 3 N–H and O–H groups in total. The zero-order valence-electron chi connectivity index (χ0n) is 15.3. The lowest BCUT2D eigenvalue weighted by Gasteiger charge is -2.13. The van der Waals surface area contributed by atoms with Crippen LogP contribution in [0.15, 0.2) is 60.7 Å². The van der Waals surface area contributed by atoms with E-state index in [1.54, 1.807) is 30.3 Å². The van der Waals surface area contributed by atoms with Crippen LogP contribution in [-0.2, 0) is 11.2 Å². The molecule has 1 heterocycles. The molecule has 1 atom stereocenters. The molecular formula is C21H19N5O2. The molecule has 7 nitrogen and oxygen atoms in total. The summed E-state index contributed by atoms with van der Waals surface area (Å²) in [6, 6.07) is 20.4. The smallest absolute Gasteiger partial charge is 0.411 e. The van der Waals surface area contributed by atoms with Crippen molar-refractivity contribution in [3.8, 4) is 17.2 Å². The summed E-state index contributed by atoms with van der Waals surface area (Å²) in [6.45, 7) is 0. The van der Waals surface area contributed by atoms with E-state index in [-0.39, 0.29) is 11.7 Å². The lowest BCUT2D eigenvalue weighted by atomic mass is 9.99. The fraction of sp³-hybridized carbons (Fsp3) is 0.143. The number of ether oxygens (including phenoxy) is 1. The van der Waals surface area contributed by atoms with Crippen LogP contribution in [0, 0.1) is 11.3 Å². The van der Waals surface area contributed by atoms with Gasteiger partial charge in [0, 0.05) is 11.3 Å². The Balaban J connectivity index is 1.87. The molecule has 1 amide bonds. The Labute approximate surface area is 162 Å². The summed E-state index contributed by atoms with van der Waals surface area (Å²) in [6.07, 6.45) is 0.0632. The van der Waals surface area contributed by atoms with Crippen molar-refractivity contribution in [2.75, 3.05) is 12.4 Å². The van der Waals surface area contributed by atoms with Crippen molar-refractivity contribution in [3.63, 3.8) is 0 Å². The van der Waals surface area contributed by atoms with Crippen molar-refractivity contribution in [2.45, 2.75) is 12.5 Å². The van der Waals surface area contributed by atoms with Crippen molar-refractivity contribution in [2.24, 2.45) is 5.73 Å². The van der Waals surface area contributed by atoms with E-state index in [9.17, 15) is 10.1 Å². The van der Waals surface area contributed by atoms with Gasteiger partial charge in [-0.15, -0.1) is 5.10 Å². The highest BCUT2D eigenvalue weighted by Crippen LogP contribution is 2.26. The van der Waals surface area contributed by atoms with Gasteiger partial charge in [0.2, 0.25) is 0 Å². The lowest BCUT2D eigenvalue weighted by molar-refractivity contribution is 0.187. The van der Waals surface area contributed by atoms with E-state index in [2.05, 4.69) is 26.3 Å². The van der Waals surface area contributed by atoms with Crippen molar-refractivity contribution < 1.29 is 9.53 Å². The lowest BCUT2D eigenvalue weighted by Crippen LogP contribution is -2.16. The highest BCUT2D eigenvalue weighted by molar-refractivity contribution is 5.85. The van der Waals surface area contributed by atoms with E-state index in [1.165, 1.54) is 7.11 Å². The van der Waals surface area contributed by atoms with Gasteiger partial charge in [-0.3, -0.25) is 5.32 Å². The number of amides is 1. The van der Waals surface area contributed by atoms with Gasteiger partial charge in [0.05, 0.1) is 18.8 Å². The molecule has 0 fully saturated rings. The Kier molecular flexibility index (Phi) is 5.94. The van der Waals surface area contributed by atoms with Crippen LogP contribution in [0.25, 0.3) is 11.1 Å². The summed E-state index contributed by atoms with van der Waals surface area (Å²) in [5, 5.41) is 20.1. The quantitative estimate of drug-likeness (QED) is 0.708. The van der Waals surface area contributed by atoms with Gasteiger partial charge in [0.25, 0.3) is 0 Å². The first-order valence-corrected chi connectivity index (χ1v) is 8.63. The third-order valence-corrected chi connectivity index (χ3v) is 4.22. The molecule has 0 aliphatic heterocycles. The molecule has 1 aromatic heterocycles. The number of nitriles is 1. The maximum absolute atomic E-state index is 11.3. The first-order chi connectivity index (χ1) is 13.6. The molecule has 0 aliphatic carbocycles. The number of anilines is 1. The Morgan fingerprint density at radius 2 is 1.89 bits per heavy atom. The molecule has 28 heavy (non-hydrogen) atoms. The van der Waals surface area contributed by atoms with Gasteiger partial charge in [0.15, 0.2) is 5.69 Å². The monoisotopic (exact) mass is 373 g/mol. The van der Waals surface area contributed by atoms with Crippen LogP contribution in [0.5, 0.6) is 0 Å². The van der Waals surface area contributed by atoms with Gasteiger partial charge in [-0.05, 0) is 35.7 Å². The fourth-order valence-corrected chi connectivity index (χ4v) is 2.77. The standard InChI is InChI=1S/C21H19N5O2/c1-28-21(27)24-16-9-7-15(8-10-16)17-12-19(25-26-20(17)13-22)18(23)11-14-5-3-2-4-6-14/h2-10,12,18H,11,23H2,1H3,(H,24,27)/t18-/m0/s1. The molecule has 0 bridgehead atoms. The van der Waals surface area contributed by atoms with E-state index < -0.39 is 6.09 Å². The Bertz CT molecular complexity index is 998. The van der Waals surface area contributed by atoms with Crippen molar-refractivity contribution >= 4 is 11.8 Å². The van der Waals surface area contributed by atoms with Crippen LogP contribution < -0.4 is 11.1 Å². The predicted molar refractivity (Wildman–Crippen MR) is 105 cm³/mol. The number of methoxy groups -OCH3 is 1. The molecule has 0 aliphatic rings. The van der Waals surface area contributed by atoms with E-state index in [1.807, 2.05) is 30.3 Å². The van der Waals surface area contributed by atoms with Crippen LogP contribution in [0.4, 0.5) is 10.5 Å². The zero-order valence-corrected chi connectivity index (χ0v) is 15.3. The first-order valence-electron chi connectivity index (χ1n) is 8.63. The first kappa shape index (κ1) is 19.0. The predicted octanol–water partition coefficient (Wildman–Crippen LogP) is 3.44. The number of benzene rings is 2. The third kappa shape index (κ3) is 4.50. The number of nitrogens with two attached hydrogens (primary N) is 1. The number of hydrogen-bond acceptors (Lipinski definition) is 6. The highest BCUT2D eigenvalue weighted by atomic mass is 16.5. The fourth-order valence-electron chi connectivity index (χ4n) is 2.77. The molecule has 2 aromatic carbocycles. The molecule has 0 spiro atoms. The van der Waals surface area contributed by atoms with E-state index >= 15 is 0 Å². The number of rotatable bonds is 5. The molecule has 0 radical (unpaired) electrons. The topological polar surface area (TPSA) is 114 Å². The Morgan fingerprint density at radius 3 is 2.54 bits per heavy atom. The number of hydrogen-bond donors (Lipinski definition) is 2. The minimum atomic E-state index is -0.551. The van der Waals surface area contributed by atoms with Crippen LogP contribution in [-0.4, -0.2) is 23.4 Å². The van der Waals surface area contributed by atoms with E-state index in [0.29, 0.717) is 23.4 Å². The summed E-state index contributed by atoms with van der Waals surface area (Å²) in [5.41, 5.74) is 10.2. The van der Waals surface area contributed by atoms with Gasteiger partial charge in [-0.2, -0.15) is 10.4 Å². The highest BCUT2D eigenvalue weighted by Gasteiger charge is 2.15. The minimum Gasteiger partial charge on any atom is -0.453 e. The molecule has 7 heteroatoms. The average Bonchev–Trinajstić information content (AvgIpc) is 2.74. The van der Waals surface area contributed by atoms with Crippen molar-refractivity contribution in [1.82, 2.24) is 10.2 Å². The Morgan fingerprint density at radius 1 is 1.18 bits per heavy atom. The van der Waals surface area contributed by atoms with Crippen LogP contribution in [0.1, 0.15) is 23.0 Å². The van der Waals surface area contributed by atoms with E-state index in [4.69, 9.17) is 5.73 Å². The SMILES string of the molecule is COC(=O)Nc1ccc(-c2cc([C@@H](N)Cc3ccccc3)nnc2C#N)cc1. The van der Waals surface area contributed by atoms with Gasteiger partial charge in [-0.25, -0.2) is 4.79 Å². The summed E-state index contributed by atoms with van der Waals surface area (Å²) in [7, 11) is 1.30. The molecule has 0 saturated heterocycles. The van der Waals surface area contributed by atoms with Gasteiger partial charge in [-0.1, -0.05) is 42.5 Å². The maximum atomic E-state index is 11.3. The molecule has 3 rings (SSSR count). The average molecular weight is 373 g/mol. The van der Waals surface area contributed by atoms with Gasteiger partial charge < -0.3 is 10.5 Å². The minimum absolute atomic E-state index is 0.212. The second-order valence-electron chi connectivity index (χ2n) is 6.13. The Hall–Kier alpha value is -3.76. The van der Waals surface area contributed by atoms with E-state index in [0.717, 1.165) is 11.1 Å². The number of aromatic nitrogens is 2. The second kappa shape index (κ2) is 8.75. The molecule has 3 aromatic rings. The van der Waals surface area contributed by atoms with Crippen LogP contribution in [0.3, 0.4) is 0 Å². The van der Waals surface area contributed by atoms with Gasteiger partial charge >= 0.3 is 6.09 Å². The number of carbonyl (C=O) groups is 1. The molecular weight excluding hydrogens is 354 g/mol. The van der Waals surface area contributed by atoms with Crippen molar-refractivity contribution in [3.05, 3.63) is 77.6 Å². The number of nitrogens with zero attached hydrogens (tertiary/aromatic N) is 3. The summed E-state index contributed by atoms with van der Waals surface area (Å²) < 4.78 is 4.57. The van der Waals surface area contributed by atoms with Crippen molar-refractivity contribution in [1.29, 1.82) is 5.26 Å². The maximum Gasteiger partial charge on any atom is 0.411 e. The molecule has 0 saturated carbocycles. The zero-order chi connectivity index (χ0) is 19.9. The second-order valence-corrected chi connectivity index (χ2v) is 6.13. The normalized spacial score (nSPS) is 11.3. The third-order valence-electron chi connectivity index (χ3n) is 4.22. The number of nitrogens with one attached hydrogen (secondary N) is 1. The largest absolute Gasteiger partial charge is 0.453 e. The molecule has 140 valence electrons. The van der Waals surface area contributed by atoms with Gasteiger partial charge in [0.1, 0.15) is 6.07 Å². The summed E-state index contributed by atoms with van der Waals surface area (Å²) in [4.78, 5) is 11.3. The summed E-state index contributed by atoms with van der Waals surface area (Å²) >= 11 is 0. The number of carbonyl (C=O) groups excluding carboxylic acids is 1.